The molecule has 32 heavy (non-hydrogen) atoms. The first kappa shape index (κ1) is 21.3. The van der Waals surface area contributed by atoms with Gasteiger partial charge in [0.2, 0.25) is 0 Å². The molecule has 1 aliphatic carbocycles. The lowest BCUT2D eigenvalue weighted by molar-refractivity contribution is -0.185. The Morgan fingerprint density at radius 3 is 2.72 bits per heavy atom. The van der Waals surface area contributed by atoms with E-state index in [0.717, 1.165) is 43.3 Å². The number of nitrogens with one attached hydrogen (secondary N) is 1. The molecule has 0 unspecified atom stereocenters. The summed E-state index contributed by atoms with van der Waals surface area (Å²) in [6, 6.07) is 4.01. The molecule has 2 aromatic rings. The Labute approximate surface area is 189 Å². The van der Waals surface area contributed by atoms with Crippen LogP contribution in [-0.4, -0.2) is 48.4 Å². The molecule has 0 radical (unpaired) electrons. The molecule has 172 valence electrons. The molecule has 2 fully saturated rings. The first-order valence-electron chi connectivity index (χ1n) is 11.8. The molecule has 7 heteroatoms. The Hall–Kier alpha value is -2.54. The van der Waals surface area contributed by atoms with Crippen LogP contribution in [0.5, 0.6) is 11.5 Å². The highest BCUT2D eigenvalue weighted by atomic mass is 16.7. The van der Waals surface area contributed by atoms with E-state index in [2.05, 4.69) is 19.2 Å². The third kappa shape index (κ3) is 4.35. The topological polar surface area (TPSA) is 72.9 Å². The fourth-order valence-corrected chi connectivity index (χ4v) is 4.81. The Kier molecular flexibility index (Phi) is 5.61. The Morgan fingerprint density at radius 1 is 1.22 bits per heavy atom. The zero-order chi connectivity index (χ0) is 22.3. The third-order valence-corrected chi connectivity index (χ3v) is 6.53. The lowest BCUT2D eigenvalue weighted by Gasteiger charge is -2.19. The second-order valence-corrected chi connectivity index (χ2v) is 9.88. The van der Waals surface area contributed by atoms with Crippen LogP contribution in [0.2, 0.25) is 0 Å². The number of fused-ring (bicyclic) bond motifs is 3. The molecule has 3 aliphatic rings. The molecule has 7 nitrogen and oxygen atoms in total. The van der Waals surface area contributed by atoms with Crippen molar-refractivity contribution in [2.24, 2.45) is 0 Å². The van der Waals surface area contributed by atoms with Gasteiger partial charge in [0.05, 0.1) is 25.7 Å². The van der Waals surface area contributed by atoms with Gasteiger partial charge in [-0.1, -0.05) is 0 Å². The number of anilines is 1. The van der Waals surface area contributed by atoms with Gasteiger partial charge in [0.1, 0.15) is 0 Å². The molecule has 5 rings (SSSR count). The SMILES string of the molecule is COc1cc2c3c(c(C4CC4)nc2cc1OCCCC(=O)ON1CCCC1)CC(C)(C)N3. The highest BCUT2D eigenvalue weighted by Crippen LogP contribution is 2.49. The van der Waals surface area contributed by atoms with Gasteiger partial charge in [-0.15, -0.1) is 5.06 Å². The van der Waals surface area contributed by atoms with E-state index in [1.54, 1.807) is 12.2 Å². The van der Waals surface area contributed by atoms with Crippen molar-refractivity contribution in [2.45, 2.75) is 70.3 Å². The van der Waals surface area contributed by atoms with Crippen molar-refractivity contribution in [3.63, 3.8) is 0 Å². The van der Waals surface area contributed by atoms with Crippen LogP contribution in [0.15, 0.2) is 12.1 Å². The zero-order valence-corrected chi connectivity index (χ0v) is 19.3. The van der Waals surface area contributed by atoms with Gasteiger partial charge in [-0.2, -0.15) is 0 Å². The summed E-state index contributed by atoms with van der Waals surface area (Å²) in [4.78, 5) is 22.4. The van der Waals surface area contributed by atoms with Crippen LogP contribution < -0.4 is 14.8 Å². The predicted octanol–water partition coefficient (Wildman–Crippen LogP) is 4.58. The quantitative estimate of drug-likeness (QED) is 0.604. The summed E-state index contributed by atoms with van der Waals surface area (Å²) in [5.41, 5.74) is 4.74. The molecule has 1 aromatic carbocycles. The normalized spacial score (nSPS) is 19.6. The van der Waals surface area contributed by atoms with Gasteiger partial charge in [0.25, 0.3) is 0 Å². The Morgan fingerprint density at radius 2 is 2.00 bits per heavy atom. The molecule has 1 saturated heterocycles. The van der Waals surface area contributed by atoms with E-state index in [4.69, 9.17) is 19.3 Å². The van der Waals surface area contributed by atoms with Crippen molar-refractivity contribution < 1.29 is 19.1 Å². The number of benzene rings is 1. The van der Waals surface area contributed by atoms with Crippen LogP contribution in [0.25, 0.3) is 10.9 Å². The molecular weight excluding hydrogens is 406 g/mol. The van der Waals surface area contributed by atoms with E-state index in [-0.39, 0.29) is 11.5 Å². The van der Waals surface area contributed by atoms with Crippen LogP contribution in [0.3, 0.4) is 0 Å². The first-order valence-corrected chi connectivity index (χ1v) is 11.8. The van der Waals surface area contributed by atoms with Gasteiger partial charge >= 0.3 is 5.97 Å². The lowest BCUT2D eigenvalue weighted by atomic mass is 9.97. The monoisotopic (exact) mass is 439 g/mol. The molecule has 1 aromatic heterocycles. The van der Waals surface area contributed by atoms with Crippen molar-refractivity contribution in [2.75, 3.05) is 32.1 Å². The molecule has 3 heterocycles. The van der Waals surface area contributed by atoms with Crippen molar-refractivity contribution >= 4 is 22.6 Å². The van der Waals surface area contributed by atoms with E-state index < -0.39 is 0 Å². The molecular formula is C25H33N3O4. The number of hydroxylamine groups is 2. The van der Waals surface area contributed by atoms with E-state index in [0.29, 0.717) is 36.9 Å². The van der Waals surface area contributed by atoms with E-state index in [1.807, 2.05) is 12.1 Å². The van der Waals surface area contributed by atoms with E-state index in [1.165, 1.54) is 29.8 Å². The summed E-state index contributed by atoms with van der Waals surface area (Å²) in [7, 11) is 1.66. The largest absolute Gasteiger partial charge is 0.493 e. The van der Waals surface area contributed by atoms with Gasteiger partial charge in [-0.05, 0) is 58.4 Å². The highest BCUT2D eigenvalue weighted by Gasteiger charge is 2.37. The van der Waals surface area contributed by atoms with Crippen LogP contribution in [0.1, 0.15) is 69.5 Å². The Bertz CT molecular complexity index is 1030. The minimum atomic E-state index is -0.194. The number of methoxy groups -OCH3 is 1. The number of ether oxygens (including phenoxy) is 2. The second kappa shape index (κ2) is 8.43. The summed E-state index contributed by atoms with van der Waals surface area (Å²) in [5, 5.41) is 6.55. The van der Waals surface area contributed by atoms with Crippen LogP contribution in [0.4, 0.5) is 5.69 Å². The zero-order valence-electron chi connectivity index (χ0n) is 19.3. The maximum absolute atomic E-state index is 12.0. The number of nitrogens with zero attached hydrogens (tertiary/aromatic N) is 2. The number of carbonyl (C=O) groups excluding carboxylic acids is 1. The van der Waals surface area contributed by atoms with Crippen LogP contribution in [-0.2, 0) is 16.1 Å². The van der Waals surface area contributed by atoms with Gasteiger partial charge in [-0.3, -0.25) is 9.78 Å². The molecule has 2 aliphatic heterocycles. The summed E-state index contributed by atoms with van der Waals surface area (Å²) >= 11 is 0. The highest BCUT2D eigenvalue weighted by molar-refractivity contribution is 5.97. The average molecular weight is 440 g/mol. The number of pyridine rings is 1. The van der Waals surface area contributed by atoms with E-state index >= 15 is 0 Å². The minimum Gasteiger partial charge on any atom is -0.493 e. The molecule has 1 N–H and O–H groups in total. The summed E-state index contributed by atoms with van der Waals surface area (Å²) in [6.07, 6.45) is 6.54. The number of rotatable bonds is 8. The molecule has 0 amide bonds. The number of aromatic nitrogens is 1. The molecule has 0 bridgehead atoms. The van der Waals surface area contributed by atoms with Gasteiger partial charge in [0.15, 0.2) is 11.5 Å². The van der Waals surface area contributed by atoms with Crippen molar-refractivity contribution in [1.29, 1.82) is 0 Å². The lowest BCUT2D eigenvalue weighted by Crippen LogP contribution is -2.27. The fraction of sp³-hybridized carbons (Fsp3) is 0.600. The van der Waals surface area contributed by atoms with Gasteiger partial charge in [0, 0.05) is 52.9 Å². The van der Waals surface area contributed by atoms with E-state index in [9.17, 15) is 4.79 Å². The maximum Gasteiger partial charge on any atom is 0.325 e. The molecule has 0 spiro atoms. The third-order valence-electron chi connectivity index (χ3n) is 6.53. The first-order chi connectivity index (χ1) is 15.4. The summed E-state index contributed by atoms with van der Waals surface area (Å²) in [5.74, 6) is 1.74. The van der Waals surface area contributed by atoms with Gasteiger partial charge < -0.3 is 19.6 Å². The second-order valence-electron chi connectivity index (χ2n) is 9.88. The van der Waals surface area contributed by atoms with Crippen LogP contribution >= 0.6 is 0 Å². The van der Waals surface area contributed by atoms with Crippen molar-refractivity contribution in [1.82, 2.24) is 10.0 Å². The number of carbonyl (C=O) groups is 1. The molecule has 1 saturated carbocycles. The number of hydrogen-bond donors (Lipinski definition) is 1. The minimum absolute atomic E-state index is 0.0218. The average Bonchev–Trinajstić information content (AvgIpc) is 3.37. The Balaban J connectivity index is 1.31. The smallest absolute Gasteiger partial charge is 0.325 e. The maximum atomic E-state index is 12.0. The summed E-state index contributed by atoms with van der Waals surface area (Å²) in [6.45, 7) is 6.56. The summed E-state index contributed by atoms with van der Waals surface area (Å²) < 4.78 is 11.7. The predicted molar refractivity (Wildman–Crippen MR) is 123 cm³/mol. The van der Waals surface area contributed by atoms with Crippen molar-refractivity contribution in [3.8, 4) is 11.5 Å². The molecule has 0 atom stereocenters. The van der Waals surface area contributed by atoms with Gasteiger partial charge in [-0.25, -0.2) is 0 Å². The fourth-order valence-electron chi connectivity index (χ4n) is 4.81. The van der Waals surface area contributed by atoms with Crippen LogP contribution in [0, 0.1) is 0 Å². The standard InChI is InChI=1S/C25H33N3O4/c1-25(2)15-18-23(16-8-9-16)26-19-14-21(20(30-3)13-17(19)24(18)27-25)31-12-6-7-22(29)32-28-10-4-5-11-28/h13-14,16,27H,4-12,15H2,1-3H3. The number of hydrogen-bond acceptors (Lipinski definition) is 7. The van der Waals surface area contributed by atoms with Crippen molar-refractivity contribution in [3.05, 3.63) is 23.4 Å².